The number of hydrogen-bond donors (Lipinski definition) is 0. The first-order chi connectivity index (χ1) is 10.7. The molecule has 1 aliphatic rings. The lowest BCUT2D eigenvalue weighted by molar-refractivity contribution is -0.142. The second-order valence-electron chi connectivity index (χ2n) is 5.29. The third-order valence-electron chi connectivity index (χ3n) is 3.95. The number of piperazine rings is 1. The summed E-state index contributed by atoms with van der Waals surface area (Å²) < 4.78 is 5.81. The molecule has 1 aromatic heterocycles. The van der Waals surface area contributed by atoms with Crippen LogP contribution in [0.1, 0.15) is 10.4 Å². The van der Waals surface area contributed by atoms with E-state index in [-0.39, 0.29) is 11.9 Å². The van der Waals surface area contributed by atoms with E-state index in [9.17, 15) is 9.59 Å². The average Bonchev–Trinajstić information content (AvgIpc) is 2.99. The summed E-state index contributed by atoms with van der Waals surface area (Å²) in [4.78, 5) is 27.8. The second-order valence-corrected chi connectivity index (χ2v) is 6.20. The van der Waals surface area contributed by atoms with Crippen LogP contribution < -0.4 is 0 Å². The molecule has 22 heavy (non-hydrogen) atoms. The molecule has 2 aromatic rings. The Hall–Kier alpha value is -1.92. The number of ether oxygens (including phenoxy) is 1. The number of carbonyl (C=O) groups is 2. The fraction of sp³-hybridized carbons (Fsp3) is 0.375. The maximum atomic E-state index is 12.7. The molecule has 0 N–H and O–H groups in total. The van der Waals surface area contributed by atoms with Crippen LogP contribution in [0.4, 0.5) is 0 Å². The van der Waals surface area contributed by atoms with Crippen molar-refractivity contribution in [3.8, 4) is 0 Å². The number of esters is 1. The highest BCUT2D eigenvalue weighted by atomic mass is 32.1. The molecule has 1 fully saturated rings. The Morgan fingerprint density at radius 1 is 1.18 bits per heavy atom. The summed E-state index contributed by atoms with van der Waals surface area (Å²) in [7, 11) is 1.39. The molecule has 1 saturated heterocycles. The van der Waals surface area contributed by atoms with Gasteiger partial charge >= 0.3 is 5.97 Å². The van der Waals surface area contributed by atoms with Gasteiger partial charge in [0.15, 0.2) is 0 Å². The molecule has 0 saturated carbocycles. The van der Waals surface area contributed by atoms with Crippen molar-refractivity contribution < 1.29 is 14.3 Å². The van der Waals surface area contributed by atoms with E-state index in [1.165, 1.54) is 7.11 Å². The molecule has 0 aliphatic carbocycles. The maximum Gasteiger partial charge on any atom is 0.319 e. The molecule has 1 aromatic carbocycles. The predicted octanol–water partition coefficient (Wildman–Crippen LogP) is 1.83. The number of rotatable bonds is 3. The quantitative estimate of drug-likeness (QED) is 0.810. The Kier molecular flexibility index (Phi) is 4.40. The third-order valence-corrected chi connectivity index (χ3v) is 4.91. The zero-order valence-electron chi connectivity index (χ0n) is 12.4. The Morgan fingerprint density at radius 3 is 2.64 bits per heavy atom. The van der Waals surface area contributed by atoms with Crippen LogP contribution in [0.5, 0.6) is 0 Å². The van der Waals surface area contributed by atoms with Gasteiger partial charge in [-0.15, -0.1) is 11.3 Å². The van der Waals surface area contributed by atoms with E-state index in [4.69, 9.17) is 0 Å². The zero-order chi connectivity index (χ0) is 15.5. The first-order valence-corrected chi connectivity index (χ1v) is 8.11. The van der Waals surface area contributed by atoms with Crippen LogP contribution >= 0.6 is 11.3 Å². The minimum absolute atomic E-state index is 0.0789. The molecule has 1 aliphatic heterocycles. The van der Waals surface area contributed by atoms with Gasteiger partial charge in [-0.2, -0.15) is 0 Å². The number of fused-ring (bicyclic) bond motifs is 1. The van der Waals surface area contributed by atoms with Crippen molar-refractivity contribution >= 4 is 33.3 Å². The van der Waals surface area contributed by atoms with E-state index in [0.717, 1.165) is 15.6 Å². The van der Waals surface area contributed by atoms with Crippen LogP contribution in [0, 0.1) is 0 Å². The Labute approximate surface area is 133 Å². The van der Waals surface area contributed by atoms with Crippen molar-refractivity contribution in [3.05, 3.63) is 35.2 Å². The summed E-state index contributed by atoms with van der Waals surface area (Å²) in [5.74, 6) is -0.154. The van der Waals surface area contributed by atoms with Crippen LogP contribution in [-0.2, 0) is 9.53 Å². The molecule has 0 bridgehead atoms. The first-order valence-electron chi connectivity index (χ1n) is 7.23. The molecule has 0 atom stereocenters. The fourth-order valence-corrected chi connectivity index (χ4v) is 3.60. The van der Waals surface area contributed by atoms with E-state index in [0.29, 0.717) is 32.7 Å². The van der Waals surface area contributed by atoms with Crippen molar-refractivity contribution in [2.75, 3.05) is 39.8 Å². The van der Waals surface area contributed by atoms with Crippen molar-refractivity contribution in [3.63, 3.8) is 0 Å². The average molecular weight is 318 g/mol. The molecule has 5 nitrogen and oxygen atoms in total. The second kappa shape index (κ2) is 6.46. The van der Waals surface area contributed by atoms with Gasteiger partial charge < -0.3 is 9.64 Å². The predicted molar refractivity (Wildman–Crippen MR) is 86.2 cm³/mol. The van der Waals surface area contributed by atoms with Gasteiger partial charge in [0, 0.05) is 41.6 Å². The van der Waals surface area contributed by atoms with Crippen molar-refractivity contribution in [2.24, 2.45) is 0 Å². The monoisotopic (exact) mass is 318 g/mol. The summed E-state index contributed by atoms with van der Waals surface area (Å²) in [6.07, 6.45) is 0. The number of amides is 1. The Bertz CT molecular complexity index is 690. The number of thiophene rings is 1. The minimum atomic E-state index is -0.233. The van der Waals surface area contributed by atoms with Gasteiger partial charge in [-0.25, -0.2) is 0 Å². The summed E-state index contributed by atoms with van der Waals surface area (Å²) in [5.41, 5.74) is 0.780. The standard InChI is InChI=1S/C16H18N2O3S/c1-21-15(19)10-17-6-8-18(9-7-17)16(20)13-11-22-14-5-3-2-4-12(13)14/h2-5,11H,6-10H2,1H3. The van der Waals surface area contributed by atoms with Crippen molar-refractivity contribution in [1.82, 2.24) is 9.80 Å². The SMILES string of the molecule is COC(=O)CN1CCN(C(=O)c2csc3ccccc23)CC1. The maximum absolute atomic E-state index is 12.7. The van der Waals surface area contributed by atoms with Crippen molar-refractivity contribution in [1.29, 1.82) is 0 Å². The molecule has 3 rings (SSSR count). The molecule has 6 heteroatoms. The van der Waals surface area contributed by atoms with E-state index < -0.39 is 0 Å². The van der Waals surface area contributed by atoms with Gasteiger partial charge in [0.1, 0.15) is 0 Å². The number of carbonyl (C=O) groups excluding carboxylic acids is 2. The summed E-state index contributed by atoms with van der Waals surface area (Å²) >= 11 is 1.60. The van der Waals surface area contributed by atoms with Gasteiger partial charge in [0.05, 0.1) is 19.2 Å². The summed E-state index contributed by atoms with van der Waals surface area (Å²) in [6.45, 7) is 2.96. The Morgan fingerprint density at radius 2 is 1.91 bits per heavy atom. The molecule has 2 heterocycles. The van der Waals surface area contributed by atoms with Gasteiger partial charge in [0.25, 0.3) is 5.91 Å². The highest BCUT2D eigenvalue weighted by molar-refractivity contribution is 7.17. The topological polar surface area (TPSA) is 49.9 Å². The smallest absolute Gasteiger partial charge is 0.319 e. The largest absolute Gasteiger partial charge is 0.468 e. The van der Waals surface area contributed by atoms with E-state index >= 15 is 0 Å². The number of hydrogen-bond acceptors (Lipinski definition) is 5. The van der Waals surface area contributed by atoms with E-state index in [1.807, 2.05) is 39.4 Å². The van der Waals surface area contributed by atoms with Gasteiger partial charge in [-0.1, -0.05) is 18.2 Å². The highest BCUT2D eigenvalue weighted by Gasteiger charge is 2.24. The number of methoxy groups -OCH3 is 1. The third kappa shape index (κ3) is 2.98. The van der Waals surface area contributed by atoms with Gasteiger partial charge in [-0.3, -0.25) is 14.5 Å². The van der Waals surface area contributed by atoms with Crippen LogP contribution in [0.2, 0.25) is 0 Å². The lowest BCUT2D eigenvalue weighted by atomic mass is 10.1. The van der Waals surface area contributed by atoms with Crippen LogP contribution in [0.3, 0.4) is 0 Å². The molecule has 0 radical (unpaired) electrons. The number of nitrogens with zero attached hydrogens (tertiary/aromatic N) is 2. The molecule has 1 amide bonds. The van der Waals surface area contributed by atoms with Gasteiger partial charge in [-0.05, 0) is 6.07 Å². The number of benzene rings is 1. The lowest BCUT2D eigenvalue weighted by Crippen LogP contribution is -2.50. The van der Waals surface area contributed by atoms with Crippen LogP contribution in [0.15, 0.2) is 29.6 Å². The highest BCUT2D eigenvalue weighted by Crippen LogP contribution is 2.26. The van der Waals surface area contributed by atoms with Crippen molar-refractivity contribution in [2.45, 2.75) is 0 Å². The first kappa shape index (κ1) is 15.0. The summed E-state index contributed by atoms with van der Waals surface area (Å²) in [6, 6.07) is 7.97. The molecular weight excluding hydrogens is 300 g/mol. The fourth-order valence-electron chi connectivity index (χ4n) is 2.67. The molecule has 0 unspecified atom stereocenters. The van der Waals surface area contributed by atoms with E-state index in [1.54, 1.807) is 11.3 Å². The lowest BCUT2D eigenvalue weighted by Gasteiger charge is -2.34. The van der Waals surface area contributed by atoms with Crippen LogP contribution in [0.25, 0.3) is 10.1 Å². The summed E-state index contributed by atoms with van der Waals surface area (Å²) in [5, 5.41) is 2.96. The zero-order valence-corrected chi connectivity index (χ0v) is 13.3. The van der Waals surface area contributed by atoms with Crippen LogP contribution in [-0.4, -0.2) is 61.5 Å². The normalized spacial score (nSPS) is 16.0. The minimum Gasteiger partial charge on any atom is -0.468 e. The Balaban J connectivity index is 1.66. The molecule has 0 spiro atoms. The molecule has 116 valence electrons. The van der Waals surface area contributed by atoms with Gasteiger partial charge in [0.2, 0.25) is 0 Å². The molecular formula is C16H18N2O3S. The van der Waals surface area contributed by atoms with E-state index in [2.05, 4.69) is 4.74 Å².